The van der Waals surface area contributed by atoms with Crippen molar-refractivity contribution in [2.75, 3.05) is 7.11 Å². The zero-order chi connectivity index (χ0) is 10.7. The summed E-state index contributed by atoms with van der Waals surface area (Å²) < 4.78 is 4.87. The molecule has 0 aliphatic carbocycles. The van der Waals surface area contributed by atoms with Crippen LogP contribution in [0.25, 0.3) is 6.08 Å². The maximum absolute atomic E-state index is 10.8. The first-order valence-corrected chi connectivity index (χ1v) is 3.87. The normalized spacial score (nSPS) is 9.50. The molecule has 0 aromatic heterocycles. The molecule has 1 aromatic rings. The molecule has 0 radical (unpaired) electrons. The number of aromatic hydroxyl groups is 1. The predicted molar refractivity (Wildman–Crippen MR) is 51.7 cm³/mol. The Kier molecular flexibility index (Phi) is 2.76. The Morgan fingerprint density at radius 1 is 1.57 bits per heavy atom. The molecule has 0 heterocycles. The van der Waals surface area contributed by atoms with E-state index in [1.54, 1.807) is 0 Å². The molecule has 0 aliphatic heterocycles. The van der Waals surface area contributed by atoms with Gasteiger partial charge in [0.25, 0.3) is 0 Å². The smallest absolute Gasteiger partial charge is 0.340 e. The lowest BCUT2D eigenvalue weighted by atomic mass is 10.1. The van der Waals surface area contributed by atoms with E-state index in [4.69, 9.17) is 9.84 Å². The number of ether oxygens (including phenoxy) is 1. The minimum absolute atomic E-state index is 0.166. The van der Waals surface area contributed by atoms with Gasteiger partial charge in [-0.1, -0.05) is 12.7 Å². The molecule has 0 spiro atoms. The van der Waals surface area contributed by atoms with Gasteiger partial charge in [-0.3, -0.25) is 0 Å². The number of carbonyl (C=O) groups is 1. The number of rotatable bonds is 3. The van der Waals surface area contributed by atoms with Gasteiger partial charge >= 0.3 is 5.97 Å². The number of phenols is 1. The highest BCUT2D eigenvalue weighted by Crippen LogP contribution is 2.28. The fourth-order valence-corrected chi connectivity index (χ4v) is 1.13. The summed E-state index contributed by atoms with van der Waals surface area (Å²) in [6.45, 7) is 3.46. The molecule has 14 heavy (non-hydrogen) atoms. The molecule has 0 saturated heterocycles. The number of hydrogen-bond donors (Lipinski definition) is 2. The Bertz CT molecular complexity index is 382. The van der Waals surface area contributed by atoms with Crippen LogP contribution in [0, 0.1) is 0 Å². The highest BCUT2D eigenvalue weighted by molar-refractivity contribution is 5.95. The Hall–Kier alpha value is -1.97. The molecule has 0 bridgehead atoms. The van der Waals surface area contributed by atoms with Crippen molar-refractivity contribution in [1.29, 1.82) is 0 Å². The van der Waals surface area contributed by atoms with E-state index in [0.29, 0.717) is 11.3 Å². The first-order chi connectivity index (χ1) is 6.60. The molecule has 4 heteroatoms. The Labute approximate surface area is 81.1 Å². The summed E-state index contributed by atoms with van der Waals surface area (Å²) in [6.07, 6.45) is 1.35. The van der Waals surface area contributed by atoms with Crippen molar-refractivity contribution < 1.29 is 19.7 Å². The Balaban J connectivity index is 3.42. The van der Waals surface area contributed by atoms with Crippen LogP contribution in [0.4, 0.5) is 0 Å². The van der Waals surface area contributed by atoms with E-state index in [-0.39, 0.29) is 11.3 Å². The molecule has 0 unspecified atom stereocenters. The second kappa shape index (κ2) is 3.83. The van der Waals surface area contributed by atoms with Crippen LogP contribution in [-0.2, 0) is 0 Å². The average Bonchev–Trinajstić information content (AvgIpc) is 2.15. The molecule has 0 fully saturated rings. The van der Waals surface area contributed by atoms with Crippen LogP contribution in [0.15, 0.2) is 18.7 Å². The van der Waals surface area contributed by atoms with Crippen molar-refractivity contribution in [3.63, 3.8) is 0 Å². The van der Waals surface area contributed by atoms with Crippen LogP contribution in [0.3, 0.4) is 0 Å². The maximum atomic E-state index is 10.8. The van der Waals surface area contributed by atoms with Gasteiger partial charge in [-0.2, -0.15) is 0 Å². The lowest BCUT2D eigenvalue weighted by Gasteiger charge is -2.07. The number of carboxylic acids is 1. The molecule has 0 amide bonds. The van der Waals surface area contributed by atoms with Crippen LogP contribution in [0.2, 0.25) is 0 Å². The number of hydrogen-bond acceptors (Lipinski definition) is 3. The Morgan fingerprint density at radius 2 is 2.21 bits per heavy atom. The molecule has 74 valence electrons. The molecular formula is C10H10O4. The van der Waals surface area contributed by atoms with Crippen molar-refractivity contribution in [2.45, 2.75) is 0 Å². The van der Waals surface area contributed by atoms with E-state index in [2.05, 4.69) is 6.58 Å². The third-order valence-electron chi connectivity index (χ3n) is 1.79. The highest BCUT2D eigenvalue weighted by atomic mass is 16.5. The van der Waals surface area contributed by atoms with Crippen LogP contribution in [-0.4, -0.2) is 23.3 Å². The van der Waals surface area contributed by atoms with Crippen molar-refractivity contribution in [3.8, 4) is 11.5 Å². The van der Waals surface area contributed by atoms with Crippen molar-refractivity contribution in [3.05, 3.63) is 29.8 Å². The molecule has 4 nitrogen and oxygen atoms in total. The number of benzene rings is 1. The number of methoxy groups -OCH3 is 1. The van der Waals surface area contributed by atoms with E-state index in [0.717, 1.165) is 0 Å². The van der Waals surface area contributed by atoms with Crippen LogP contribution in [0.1, 0.15) is 15.9 Å². The van der Waals surface area contributed by atoms with E-state index in [1.165, 1.54) is 25.3 Å². The number of aromatic carboxylic acids is 1. The van der Waals surface area contributed by atoms with E-state index < -0.39 is 5.97 Å². The van der Waals surface area contributed by atoms with E-state index in [9.17, 15) is 9.90 Å². The lowest BCUT2D eigenvalue weighted by molar-refractivity contribution is 0.0693. The average molecular weight is 194 g/mol. The van der Waals surface area contributed by atoms with Gasteiger partial charge < -0.3 is 14.9 Å². The van der Waals surface area contributed by atoms with Gasteiger partial charge in [-0.25, -0.2) is 4.79 Å². The summed E-state index contributed by atoms with van der Waals surface area (Å²) in [5.74, 6) is -1.13. The first kappa shape index (κ1) is 10.1. The second-order valence-corrected chi connectivity index (χ2v) is 2.62. The summed E-state index contributed by atoms with van der Waals surface area (Å²) in [4.78, 5) is 10.8. The summed E-state index contributed by atoms with van der Waals surface area (Å²) in [7, 11) is 1.43. The van der Waals surface area contributed by atoms with E-state index in [1.807, 2.05) is 0 Å². The van der Waals surface area contributed by atoms with Gasteiger partial charge in [0.05, 0.1) is 7.11 Å². The van der Waals surface area contributed by atoms with Gasteiger partial charge in [0.15, 0.2) is 0 Å². The van der Waals surface area contributed by atoms with Crippen LogP contribution in [0.5, 0.6) is 11.5 Å². The summed E-state index contributed by atoms with van der Waals surface area (Å²) in [5, 5.41) is 18.2. The van der Waals surface area contributed by atoms with Crippen LogP contribution < -0.4 is 4.74 Å². The quantitative estimate of drug-likeness (QED) is 0.769. The minimum Gasteiger partial charge on any atom is -0.507 e. The monoisotopic (exact) mass is 194 g/mol. The highest BCUT2D eigenvalue weighted by Gasteiger charge is 2.15. The van der Waals surface area contributed by atoms with Gasteiger partial charge in [0.1, 0.15) is 17.1 Å². The maximum Gasteiger partial charge on any atom is 0.340 e. The zero-order valence-corrected chi connectivity index (χ0v) is 7.65. The van der Waals surface area contributed by atoms with Gasteiger partial charge in [-0.05, 0) is 11.6 Å². The summed E-state index contributed by atoms with van der Waals surface area (Å²) in [6, 6.07) is 2.74. The number of carboxylic acid groups (broad SMARTS) is 1. The van der Waals surface area contributed by atoms with E-state index >= 15 is 0 Å². The SMILES string of the molecule is C=Cc1cc(OC)cc(O)c1C(=O)O. The van der Waals surface area contributed by atoms with Crippen molar-refractivity contribution in [2.24, 2.45) is 0 Å². The fourth-order valence-electron chi connectivity index (χ4n) is 1.13. The van der Waals surface area contributed by atoms with Gasteiger partial charge in [0, 0.05) is 6.07 Å². The Morgan fingerprint density at radius 3 is 2.64 bits per heavy atom. The standard InChI is InChI=1S/C10H10O4/c1-3-6-4-7(14-2)5-8(11)9(6)10(12)13/h3-5,11H,1H2,2H3,(H,12,13). The third kappa shape index (κ3) is 1.69. The van der Waals surface area contributed by atoms with Gasteiger partial charge in [0.2, 0.25) is 0 Å². The first-order valence-electron chi connectivity index (χ1n) is 3.87. The largest absolute Gasteiger partial charge is 0.507 e. The summed E-state index contributed by atoms with van der Waals surface area (Å²) >= 11 is 0. The molecule has 0 saturated carbocycles. The molecule has 0 aliphatic rings. The summed E-state index contributed by atoms with van der Waals surface area (Å²) in [5.41, 5.74) is 0.162. The molecule has 2 N–H and O–H groups in total. The molecule has 1 rings (SSSR count). The van der Waals surface area contributed by atoms with Crippen molar-refractivity contribution >= 4 is 12.0 Å². The van der Waals surface area contributed by atoms with Gasteiger partial charge in [-0.15, -0.1) is 0 Å². The minimum atomic E-state index is -1.19. The predicted octanol–water partition coefficient (Wildman–Crippen LogP) is 1.74. The molecule has 0 atom stereocenters. The molecular weight excluding hydrogens is 184 g/mol. The fraction of sp³-hybridized carbons (Fsp3) is 0.100. The topological polar surface area (TPSA) is 66.8 Å². The zero-order valence-electron chi connectivity index (χ0n) is 7.65. The van der Waals surface area contributed by atoms with Crippen LogP contribution >= 0.6 is 0 Å². The third-order valence-corrected chi connectivity index (χ3v) is 1.79. The lowest BCUT2D eigenvalue weighted by Crippen LogP contribution is -2.00. The second-order valence-electron chi connectivity index (χ2n) is 2.62. The van der Waals surface area contributed by atoms with Crippen molar-refractivity contribution in [1.82, 2.24) is 0 Å². The molecule has 1 aromatic carbocycles.